The van der Waals surface area contributed by atoms with Crippen molar-refractivity contribution in [3.05, 3.63) is 53.1 Å². The highest BCUT2D eigenvalue weighted by Gasteiger charge is 2.40. The Morgan fingerprint density at radius 2 is 1.87 bits per heavy atom. The molecule has 4 rings (SSSR count). The number of amides is 1. The lowest BCUT2D eigenvalue weighted by Crippen LogP contribution is -2.45. The molecule has 2 heterocycles. The van der Waals surface area contributed by atoms with Gasteiger partial charge in [0, 0.05) is 22.8 Å². The van der Waals surface area contributed by atoms with Gasteiger partial charge in [-0.15, -0.1) is 0 Å². The molecule has 0 aliphatic carbocycles. The summed E-state index contributed by atoms with van der Waals surface area (Å²) in [6, 6.07) is 12.8. The summed E-state index contributed by atoms with van der Waals surface area (Å²) in [7, 11) is 1.54. The zero-order valence-electron chi connectivity index (χ0n) is 16.9. The van der Waals surface area contributed by atoms with Gasteiger partial charge in [0.1, 0.15) is 17.6 Å². The number of rotatable bonds is 6. The zero-order valence-corrected chi connectivity index (χ0v) is 18.4. The third-order valence-corrected chi connectivity index (χ3v) is 6.64. The third-order valence-electron chi connectivity index (χ3n) is 5.13. The minimum absolute atomic E-state index is 0.190. The smallest absolute Gasteiger partial charge is 0.234 e. The minimum Gasteiger partial charge on any atom is -0.495 e. The molecule has 0 spiro atoms. The van der Waals surface area contributed by atoms with Gasteiger partial charge in [0.15, 0.2) is 6.29 Å². The molecule has 8 heteroatoms. The predicted molar refractivity (Wildman–Crippen MR) is 118 cm³/mol. The van der Waals surface area contributed by atoms with Crippen LogP contribution in [0.2, 0.25) is 5.02 Å². The van der Waals surface area contributed by atoms with Crippen molar-refractivity contribution in [3.63, 3.8) is 0 Å². The van der Waals surface area contributed by atoms with E-state index in [9.17, 15) is 4.79 Å². The Morgan fingerprint density at radius 3 is 2.43 bits per heavy atom. The van der Waals surface area contributed by atoms with Crippen LogP contribution in [-0.4, -0.2) is 43.8 Å². The summed E-state index contributed by atoms with van der Waals surface area (Å²) in [5.41, 5.74) is 0.678. The number of benzene rings is 2. The van der Waals surface area contributed by atoms with Crippen molar-refractivity contribution in [2.45, 2.75) is 19.3 Å². The summed E-state index contributed by atoms with van der Waals surface area (Å²) >= 11 is 8.02. The quantitative estimate of drug-likeness (QED) is 0.698. The molecule has 2 aromatic carbocycles. The van der Waals surface area contributed by atoms with Crippen LogP contribution in [0.5, 0.6) is 11.5 Å². The van der Waals surface area contributed by atoms with E-state index in [1.54, 1.807) is 25.3 Å². The second kappa shape index (κ2) is 9.06. The van der Waals surface area contributed by atoms with Gasteiger partial charge in [-0.1, -0.05) is 23.7 Å². The standard InChI is InChI=1S/C22H24ClNO5S/c1-22(21(25)24-15-5-8-19(26-2)18(23)9-15)12-27-20(28-13-22)14-3-6-16(7-4-14)29-17-10-30-11-17/h3-9,17,20H,10-13H2,1-2H3,(H,24,25). The molecular weight excluding hydrogens is 426 g/mol. The number of halogens is 1. The SMILES string of the molecule is COc1ccc(NC(=O)C2(C)COC(c3ccc(OC4CSC4)cc3)OC2)cc1Cl. The van der Waals surface area contributed by atoms with Crippen LogP contribution in [0.4, 0.5) is 5.69 Å². The number of methoxy groups -OCH3 is 1. The molecule has 2 fully saturated rings. The molecule has 1 N–H and O–H groups in total. The molecule has 2 aliphatic heterocycles. The molecule has 2 saturated heterocycles. The summed E-state index contributed by atoms with van der Waals surface area (Å²) in [6.07, 6.45) is -0.197. The van der Waals surface area contributed by atoms with E-state index < -0.39 is 11.7 Å². The number of carbonyl (C=O) groups is 1. The third kappa shape index (κ3) is 4.70. The van der Waals surface area contributed by atoms with Gasteiger partial charge in [-0.3, -0.25) is 4.79 Å². The first-order valence-corrected chi connectivity index (χ1v) is 11.2. The Bertz CT molecular complexity index is 895. The summed E-state index contributed by atoms with van der Waals surface area (Å²) in [4.78, 5) is 12.8. The Labute approximate surface area is 185 Å². The van der Waals surface area contributed by atoms with E-state index in [1.165, 1.54) is 0 Å². The summed E-state index contributed by atoms with van der Waals surface area (Å²) < 4.78 is 22.8. The molecule has 0 aromatic heterocycles. The molecule has 2 aliphatic rings. The van der Waals surface area contributed by atoms with Gasteiger partial charge >= 0.3 is 0 Å². The largest absolute Gasteiger partial charge is 0.495 e. The van der Waals surface area contributed by atoms with Crippen LogP contribution in [0.1, 0.15) is 18.8 Å². The molecule has 0 radical (unpaired) electrons. The Balaban J connectivity index is 1.33. The fourth-order valence-corrected chi connectivity index (χ4v) is 3.96. The second-order valence-electron chi connectivity index (χ2n) is 7.66. The van der Waals surface area contributed by atoms with Crippen molar-refractivity contribution < 1.29 is 23.7 Å². The highest BCUT2D eigenvalue weighted by Crippen LogP contribution is 2.34. The van der Waals surface area contributed by atoms with E-state index >= 15 is 0 Å². The minimum atomic E-state index is -0.812. The highest BCUT2D eigenvalue weighted by atomic mass is 35.5. The fraction of sp³-hybridized carbons (Fsp3) is 0.409. The lowest BCUT2D eigenvalue weighted by atomic mass is 9.90. The lowest BCUT2D eigenvalue weighted by molar-refractivity contribution is -0.226. The molecule has 30 heavy (non-hydrogen) atoms. The molecule has 0 bridgehead atoms. The highest BCUT2D eigenvalue weighted by molar-refractivity contribution is 8.00. The maximum atomic E-state index is 12.8. The van der Waals surface area contributed by atoms with Crippen molar-refractivity contribution in [3.8, 4) is 11.5 Å². The molecule has 1 amide bonds. The topological polar surface area (TPSA) is 66.0 Å². The van der Waals surface area contributed by atoms with Crippen molar-refractivity contribution in [2.24, 2.45) is 5.41 Å². The van der Waals surface area contributed by atoms with E-state index in [4.69, 9.17) is 30.5 Å². The van der Waals surface area contributed by atoms with Crippen molar-refractivity contribution in [1.29, 1.82) is 0 Å². The molecule has 0 unspecified atom stereocenters. The first-order valence-electron chi connectivity index (χ1n) is 9.69. The maximum absolute atomic E-state index is 12.8. The van der Waals surface area contributed by atoms with Crippen molar-refractivity contribution >= 4 is 35.0 Å². The average Bonchev–Trinajstić information content (AvgIpc) is 2.72. The first-order chi connectivity index (χ1) is 14.5. The van der Waals surface area contributed by atoms with Crippen molar-refractivity contribution in [1.82, 2.24) is 0 Å². The van der Waals surface area contributed by atoms with E-state index in [0.29, 0.717) is 22.6 Å². The van der Waals surface area contributed by atoms with Crippen molar-refractivity contribution in [2.75, 3.05) is 37.1 Å². The first kappa shape index (κ1) is 21.3. The molecule has 0 saturated carbocycles. The predicted octanol–water partition coefficient (Wildman–Crippen LogP) is 4.53. The summed E-state index contributed by atoms with van der Waals surface area (Å²) in [6.45, 7) is 2.30. The molecule has 2 aromatic rings. The normalized spacial score (nSPS) is 24.0. The van der Waals surface area contributed by atoms with Crippen LogP contribution in [0.15, 0.2) is 42.5 Å². The summed E-state index contributed by atoms with van der Waals surface area (Å²) in [5.74, 6) is 3.29. The zero-order chi connectivity index (χ0) is 21.1. The Hall–Kier alpha value is -1.93. The second-order valence-corrected chi connectivity index (χ2v) is 9.15. The lowest BCUT2D eigenvalue weighted by Gasteiger charge is -2.36. The van der Waals surface area contributed by atoms with Crippen LogP contribution in [0.3, 0.4) is 0 Å². The monoisotopic (exact) mass is 449 g/mol. The number of hydrogen-bond acceptors (Lipinski definition) is 6. The van der Waals surface area contributed by atoms with E-state index in [1.807, 2.05) is 43.0 Å². The Kier molecular flexibility index (Phi) is 6.43. The molecule has 6 nitrogen and oxygen atoms in total. The summed E-state index contributed by atoms with van der Waals surface area (Å²) in [5, 5.41) is 3.31. The van der Waals surface area contributed by atoms with Crippen LogP contribution in [0.25, 0.3) is 0 Å². The van der Waals surface area contributed by atoms with Gasteiger partial charge in [-0.2, -0.15) is 11.8 Å². The maximum Gasteiger partial charge on any atom is 0.234 e. The van der Waals surface area contributed by atoms with Gasteiger partial charge in [0.2, 0.25) is 5.91 Å². The van der Waals surface area contributed by atoms with Gasteiger partial charge < -0.3 is 24.3 Å². The van der Waals surface area contributed by atoms with Gasteiger partial charge in [0.25, 0.3) is 0 Å². The van der Waals surface area contributed by atoms with Gasteiger partial charge in [0.05, 0.1) is 30.8 Å². The number of thioether (sulfide) groups is 1. The van der Waals surface area contributed by atoms with Crippen LogP contribution in [0, 0.1) is 5.41 Å². The van der Waals surface area contributed by atoms with E-state index in [2.05, 4.69) is 5.32 Å². The number of anilines is 1. The van der Waals surface area contributed by atoms with Gasteiger partial charge in [-0.05, 0) is 37.3 Å². The fourth-order valence-electron chi connectivity index (χ4n) is 3.14. The number of hydrogen-bond donors (Lipinski definition) is 1. The molecule has 0 atom stereocenters. The molecular formula is C22H24ClNO5S. The number of ether oxygens (including phenoxy) is 4. The molecule has 160 valence electrons. The number of nitrogens with one attached hydrogen (secondary N) is 1. The average molecular weight is 450 g/mol. The number of carbonyl (C=O) groups excluding carboxylic acids is 1. The van der Waals surface area contributed by atoms with Gasteiger partial charge in [-0.25, -0.2) is 0 Å². The Morgan fingerprint density at radius 1 is 1.17 bits per heavy atom. The van der Waals surface area contributed by atoms with Crippen LogP contribution >= 0.6 is 23.4 Å². The van der Waals surface area contributed by atoms with Crippen LogP contribution < -0.4 is 14.8 Å². The van der Waals surface area contributed by atoms with Crippen LogP contribution in [-0.2, 0) is 14.3 Å². The van der Waals surface area contributed by atoms with E-state index in [0.717, 1.165) is 22.8 Å². The van der Waals surface area contributed by atoms with E-state index in [-0.39, 0.29) is 19.1 Å².